The highest BCUT2D eigenvalue weighted by atomic mass is 32.2. The quantitative estimate of drug-likeness (QED) is 0.200. The van der Waals surface area contributed by atoms with Gasteiger partial charge in [-0.3, -0.25) is 9.36 Å². The molecule has 0 radical (unpaired) electrons. The molecule has 6 heteroatoms. The Kier molecular flexibility index (Phi) is 6.11. The molecule has 5 aromatic rings. The molecule has 0 bridgehead atoms. The smallest absolute Gasteiger partial charge is 0.266 e. The lowest BCUT2D eigenvalue weighted by molar-refractivity contribution is 0.780. The van der Waals surface area contributed by atoms with Gasteiger partial charge in [-0.2, -0.15) is 0 Å². The van der Waals surface area contributed by atoms with Gasteiger partial charge in [0.1, 0.15) is 5.01 Å². The van der Waals surface area contributed by atoms with E-state index in [2.05, 4.69) is 37.4 Å². The Morgan fingerprint density at radius 2 is 1.64 bits per heavy atom. The van der Waals surface area contributed by atoms with Crippen LogP contribution in [0.5, 0.6) is 0 Å². The molecule has 0 aliphatic carbocycles. The van der Waals surface area contributed by atoms with Gasteiger partial charge in [-0.1, -0.05) is 86.3 Å². The highest BCUT2D eigenvalue weighted by Crippen LogP contribution is 2.30. The maximum absolute atomic E-state index is 13.6. The van der Waals surface area contributed by atoms with E-state index in [-0.39, 0.29) is 11.5 Å². The molecular weight excluding hydrogens is 446 g/mol. The van der Waals surface area contributed by atoms with Gasteiger partial charge >= 0.3 is 0 Å². The first kappa shape index (κ1) is 21.6. The zero-order chi connectivity index (χ0) is 22.8. The van der Waals surface area contributed by atoms with Crippen molar-refractivity contribution in [2.24, 2.45) is 0 Å². The van der Waals surface area contributed by atoms with Crippen molar-refractivity contribution in [1.29, 1.82) is 0 Å². The van der Waals surface area contributed by atoms with E-state index in [0.29, 0.717) is 21.8 Å². The van der Waals surface area contributed by atoms with Crippen molar-refractivity contribution in [2.45, 2.75) is 30.7 Å². The fourth-order valence-corrected chi connectivity index (χ4v) is 5.66. The number of fused-ring (bicyclic) bond motifs is 1. The third-order valence-corrected chi connectivity index (χ3v) is 7.38. The zero-order valence-electron chi connectivity index (χ0n) is 18.4. The van der Waals surface area contributed by atoms with Gasteiger partial charge in [-0.05, 0) is 29.7 Å². The van der Waals surface area contributed by atoms with E-state index in [1.165, 1.54) is 0 Å². The summed E-state index contributed by atoms with van der Waals surface area (Å²) < 4.78 is 1.77. The molecule has 164 valence electrons. The van der Waals surface area contributed by atoms with Crippen molar-refractivity contribution in [3.05, 3.63) is 106 Å². The number of benzene rings is 3. The molecule has 2 heterocycles. The molecule has 0 amide bonds. The number of para-hydroxylation sites is 2. The van der Waals surface area contributed by atoms with Gasteiger partial charge in [-0.15, -0.1) is 11.3 Å². The van der Waals surface area contributed by atoms with Crippen LogP contribution in [-0.4, -0.2) is 14.5 Å². The van der Waals surface area contributed by atoms with Crippen molar-refractivity contribution in [1.82, 2.24) is 14.5 Å². The van der Waals surface area contributed by atoms with Gasteiger partial charge in [0.05, 0.1) is 22.3 Å². The van der Waals surface area contributed by atoms with Crippen molar-refractivity contribution in [3.63, 3.8) is 0 Å². The Morgan fingerprint density at radius 1 is 0.909 bits per heavy atom. The van der Waals surface area contributed by atoms with Crippen LogP contribution in [0.1, 0.15) is 31.0 Å². The van der Waals surface area contributed by atoms with E-state index in [1.54, 1.807) is 27.7 Å². The van der Waals surface area contributed by atoms with E-state index in [0.717, 1.165) is 27.5 Å². The maximum atomic E-state index is 13.6. The van der Waals surface area contributed by atoms with E-state index < -0.39 is 0 Å². The van der Waals surface area contributed by atoms with Crippen LogP contribution < -0.4 is 5.56 Å². The van der Waals surface area contributed by atoms with Gasteiger partial charge in [0.15, 0.2) is 5.16 Å². The van der Waals surface area contributed by atoms with Crippen LogP contribution >= 0.6 is 23.1 Å². The highest BCUT2D eigenvalue weighted by molar-refractivity contribution is 7.98. The van der Waals surface area contributed by atoms with Crippen LogP contribution in [0.3, 0.4) is 0 Å². The SMILES string of the molecule is CC(C)c1ccccc1-n1c(SCc2csc(-c3ccccc3)n2)nc2ccccc2c1=O. The summed E-state index contributed by atoms with van der Waals surface area (Å²) >= 11 is 3.19. The summed E-state index contributed by atoms with van der Waals surface area (Å²) in [5.41, 5.74) is 4.78. The summed E-state index contributed by atoms with van der Waals surface area (Å²) in [5.74, 6) is 0.919. The molecule has 0 atom stereocenters. The summed E-state index contributed by atoms with van der Waals surface area (Å²) in [7, 11) is 0. The van der Waals surface area contributed by atoms with Crippen LogP contribution in [0.4, 0.5) is 0 Å². The van der Waals surface area contributed by atoms with Gasteiger partial charge < -0.3 is 0 Å². The molecule has 0 saturated heterocycles. The van der Waals surface area contributed by atoms with Crippen molar-refractivity contribution in [3.8, 4) is 16.3 Å². The third kappa shape index (κ3) is 4.36. The average molecular weight is 470 g/mol. The second-order valence-electron chi connectivity index (χ2n) is 8.06. The Labute approximate surface area is 201 Å². The second-order valence-corrected chi connectivity index (χ2v) is 9.86. The van der Waals surface area contributed by atoms with Crippen LogP contribution in [-0.2, 0) is 5.75 Å². The van der Waals surface area contributed by atoms with Gasteiger partial charge in [0, 0.05) is 16.7 Å². The Morgan fingerprint density at radius 3 is 2.45 bits per heavy atom. The maximum Gasteiger partial charge on any atom is 0.266 e. The lowest BCUT2D eigenvalue weighted by Crippen LogP contribution is -2.23. The second kappa shape index (κ2) is 9.33. The molecule has 0 saturated carbocycles. The van der Waals surface area contributed by atoms with Crippen molar-refractivity contribution >= 4 is 34.0 Å². The topological polar surface area (TPSA) is 47.8 Å². The fourth-order valence-electron chi connectivity index (χ4n) is 3.83. The van der Waals surface area contributed by atoms with Gasteiger partial charge in [-0.25, -0.2) is 9.97 Å². The highest BCUT2D eigenvalue weighted by Gasteiger charge is 2.17. The largest absolute Gasteiger partial charge is 0.268 e. The van der Waals surface area contributed by atoms with Crippen LogP contribution in [0, 0.1) is 0 Å². The van der Waals surface area contributed by atoms with E-state index in [9.17, 15) is 4.79 Å². The Balaban J connectivity index is 1.56. The molecular formula is C27H23N3OS2. The van der Waals surface area contributed by atoms with Crippen molar-refractivity contribution in [2.75, 3.05) is 0 Å². The minimum atomic E-state index is -0.0422. The first-order chi connectivity index (χ1) is 16.1. The number of thiazole rings is 1. The predicted octanol–water partition coefficient (Wildman–Crippen LogP) is 6.92. The molecule has 5 rings (SSSR count). The Hall–Kier alpha value is -3.22. The summed E-state index contributed by atoms with van der Waals surface area (Å²) in [6.45, 7) is 4.29. The lowest BCUT2D eigenvalue weighted by Gasteiger charge is -2.18. The van der Waals surface area contributed by atoms with E-state index >= 15 is 0 Å². The minimum absolute atomic E-state index is 0.0422. The third-order valence-electron chi connectivity index (χ3n) is 5.47. The fraction of sp³-hybridized carbons (Fsp3) is 0.148. The molecule has 0 aliphatic heterocycles. The van der Waals surface area contributed by atoms with Gasteiger partial charge in [0.25, 0.3) is 5.56 Å². The normalized spacial score (nSPS) is 11.4. The predicted molar refractivity (Wildman–Crippen MR) is 139 cm³/mol. The summed E-state index contributed by atoms with van der Waals surface area (Å²) in [5, 5.41) is 4.39. The molecule has 0 aliphatic rings. The molecule has 2 aromatic heterocycles. The summed E-state index contributed by atoms with van der Waals surface area (Å²) in [6, 6.07) is 25.8. The Bertz CT molecular complexity index is 1470. The molecule has 33 heavy (non-hydrogen) atoms. The first-order valence-corrected chi connectivity index (χ1v) is 12.7. The number of hydrogen-bond donors (Lipinski definition) is 0. The minimum Gasteiger partial charge on any atom is -0.268 e. The summed E-state index contributed by atoms with van der Waals surface area (Å²) in [4.78, 5) is 23.3. The number of thioether (sulfide) groups is 1. The standard InChI is InChI=1S/C27H23N3OS2/c1-18(2)21-12-7-9-15-24(21)30-26(31)22-13-6-8-14-23(22)29-27(30)33-17-20-16-32-25(28-20)19-10-4-3-5-11-19/h3-16,18H,17H2,1-2H3. The van der Waals surface area contributed by atoms with Crippen LogP contribution in [0.2, 0.25) is 0 Å². The lowest BCUT2D eigenvalue weighted by atomic mass is 10.0. The molecule has 0 fully saturated rings. The molecule has 0 spiro atoms. The van der Waals surface area contributed by atoms with Crippen molar-refractivity contribution < 1.29 is 0 Å². The van der Waals surface area contributed by atoms with Gasteiger partial charge in [0.2, 0.25) is 0 Å². The number of hydrogen-bond acceptors (Lipinski definition) is 5. The number of aromatic nitrogens is 3. The first-order valence-electron chi connectivity index (χ1n) is 10.9. The van der Waals surface area contributed by atoms with Crippen LogP contribution in [0.25, 0.3) is 27.2 Å². The molecule has 3 aromatic carbocycles. The number of nitrogens with zero attached hydrogens (tertiary/aromatic N) is 3. The van der Waals surface area contributed by atoms with Crippen LogP contribution in [0.15, 0.2) is 94.2 Å². The van der Waals surface area contributed by atoms with E-state index in [1.807, 2.05) is 60.7 Å². The zero-order valence-corrected chi connectivity index (χ0v) is 20.1. The average Bonchev–Trinajstić information content (AvgIpc) is 3.33. The molecule has 4 nitrogen and oxygen atoms in total. The molecule has 0 unspecified atom stereocenters. The van der Waals surface area contributed by atoms with E-state index in [4.69, 9.17) is 9.97 Å². The molecule has 0 N–H and O–H groups in total. The number of rotatable bonds is 6. The summed E-state index contributed by atoms with van der Waals surface area (Å²) in [6.07, 6.45) is 0. The monoisotopic (exact) mass is 469 g/mol.